The molecule has 0 heterocycles. The first-order valence-corrected chi connectivity index (χ1v) is 4.01. The molecule has 0 aliphatic heterocycles. The molecular formula is C10H8FNO3. The number of hydrogen-bond acceptors (Lipinski definition) is 2. The van der Waals surface area contributed by atoms with Crippen LogP contribution in [0.5, 0.6) is 0 Å². The van der Waals surface area contributed by atoms with Gasteiger partial charge >= 0.3 is 5.97 Å². The molecule has 0 bridgehead atoms. The Labute approximate surface area is 84.8 Å². The number of amides is 1. The van der Waals surface area contributed by atoms with Gasteiger partial charge in [0.2, 0.25) is 5.91 Å². The zero-order chi connectivity index (χ0) is 11.4. The Balaban J connectivity index is 3.15. The largest absolute Gasteiger partial charge is 0.478 e. The van der Waals surface area contributed by atoms with Gasteiger partial charge in [-0.1, -0.05) is 12.1 Å². The summed E-state index contributed by atoms with van der Waals surface area (Å²) in [5.74, 6) is -2.97. The van der Waals surface area contributed by atoms with Gasteiger partial charge in [-0.3, -0.25) is 4.79 Å². The van der Waals surface area contributed by atoms with Crippen molar-refractivity contribution in [1.82, 2.24) is 0 Å². The second-order valence-corrected chi connectivity index (χ2v) is 2.75. The number of carboxylic acids is 1. The maximum absolute atomic E-state index is 13.4. The zero-order valence-electron chi connectivity index (χ0n) is 7.61. The maximum atomic E-state index is 13.4. The number of carbonyl (C=O) groups is 2. The molecule has 0 saturated carbocycles. The molecule has 0 aliphatic carbocycles. The Morgan fingerprint density at radius 1 is 1.40 bits per heavy atom. The minimum absolute atomic E-state index is 0.00806. The molecular weight excluding hydrogens is 201 g/mol. The summed E-state index contributed by atoms with van der Waals surface area (Å²) in [7, 11) is 0. The average Bonchev–Trinajstić information content (AvgIpc) is 2.15. The molecule has 78 valence electrons. The molecule has 0 unspecified atom stereocenters. The number of carbonyl (C=O) groups excluding carboxylic acids is 1. The van der Waals surface area contributed by atoms with E-state index in [4.69, 9.17) is 10.8 Å². The highest BCUT2D eigenvalue weighted by atomic mass is 19.1. The van der Waals surface area contributed by atoms with E-state index in [1.54, 1.807) is 0 Å². The van der Waals surface area contributed by atoms with Crippen molar-refractivity contribution in [2.24, 2.45) is 5.73 Å². The molecule has 0 saturated heterocycles. The molecule has 0 fully saturated rings. The van der Waals surface area contributed by atoms with E-state index >= 15 is 0 Å². The highest BCUT2D eigenvalue weighted by Crippen LogP contribution is 2.14. The lowest BCUT2D eigenvalue weighted by Gasteiger charge is -2.00. The van der Waals surface area contributed by atoms with Crippen LogP contribution in [0.4, 0.5) is 4.39 Å². The fourth-order valence-electron chi connectivity index (χ4n) is 1.02. The number of hydrogen-bond donors (Lipinski definition) is 2. The Bertz CT molecular complexity index is 440. The van der Waals surface area contributed by atoms with E-state index in [2.05, 4.69) is 0 Å². The summed E-state index contributed by atoms with van der Waals surface area (Å²) in [4.78, 5) is 21.0. The summed E-state index contributed by atoms with van der Waals surface area (Å²) in [6, 6.07) is 3.87. The molecule has 5 heteroatoms. The van der Waals surface area contributed by atoms with E-state index in [0.29, 0.717) is 0 Å². The molecule has 1 aromatic rings. The van der Waals surface area contributed by atoms with E-state index < -0.39 is 23.3 Å². The third kappa shape index (κ3) is 2.63. The third-order valence-electron chi connectivity index (χ3n) is 1.69. The van der Waals surface area contributed by atoms with Crippen LogP contribution in [0.3, 0.4) is 0 Å². The maximum Gasteiger partial charge on any atom is 0.338 e. The number of nitrogens with two attached hydrogens (primary N) is 1. The van der Waals surface area contributed by atoms with Crippen molar-refractivity contribution < 1.29 is 19.1 Å². The molecule has 3 N–H and O–H groups in total. The van der Waals surface area contributed by atoms with E-state index in [1.165, 1.54) is 12.1 Å². The summed E-state index contributed by atoms with van der Waals surface area (Å²) in [5, 5.41) is 8.61. The number of rotatable bonds is 3. The Morgan fingerprint density at radius 3 is 2.60 bits per heavy atom. The summed E-state index contributed by atoms with van der Waals surface area (Å²) >= 11 is 0. The van der Waals surface area contributed by atoms with E-state index in [1.807, 2.05) is 0 Å². The van der Waals surface area contributed by atoms with Crippen molar-refractivity contribution in [3.63, 3.8) is 0 Å². The lowest BCUT2D eigenvalue weighted by molar-refractivity contribution is -0.113. The fourth-order valence-corrected chi connectivity index (χ4v) is 1.02. The van der Waals surface area contributed by atoms with E-state index in [0.717, 1.165) is 18.2 Å². The predicted molar refractivity (Wildman–Crippen MR) is 51.6 cm³/mol. The van der Waals surface area contributed by atoms with Crippen molar-refractivity contribution in [2.45, 2.75) is 0 Å². The molecule has 0 aliphatic rings. The lowest BCUT2D eigenvalue weighted by Crippen LogP contribution is -2.06. The van der Waals surface area contributed by atoms with Gasteiger partial charge in [-0.25, -0.2) is 9.18 Å². The predicted octanol–water partition coefficient (Wildman–Crippen LogP) is 1.02. The van der Waals surface area contributed by atoms with Gasteiger partial charge in [0, 0.05) is 11.6 Å². The number of aromatic carboxylic acids is 1. The van der Waals surface area contributed by atoms with Gasteiger partial charge < -0.3 is 10.8 Å². The van der Waals surface area contributed by atoms with E-state index in [-0.39, 0.29) is 5.56 Å². The standard InChI is InChI=1S/C10H8FNO3/c11-9-6(4-5-8(12)13)2-1-3-7(9)10(14)15/h1-5H,(H2,12,13)(H,14,15). The summed E-state index contributed by atoms with van der Waals surface area (Å²) in [6.07, 6.45) is 2.09. The molecule has 0 aromatic heterocycles. The average molecular weight is 209 g/mol. The smallest absolute Gasteiger partial charge is 0.338 e. The van der Waals surface area contributed by atoms with Gasteiger partial charge in [0.1, 0.15) is 5.82 Å². The summed E-state index contributed by atoms with van der Waals surface area (Å²) < 4.78 is 13.4. The van der Waals surface area contributed by atoms with Crippen LogP contribution < -0.4 is 5.73 Å². The van der Waals surface area contributed by atoms with Crippen LogP contribution in [0.2, 0.25) is 0 Å². The van der Waals surface area contributed by atoms with Crippen LogP contribution in [-0.4, -0.2) is 17.0 Å². The first-order chi connectivity index (χ1) is 7.02. The minimum atomic E-state index is -1.36. The molecule has 0 radical (unpaired) electrons. The van der Waals surface area contributed by atoms with Crippen LogP contribution in [-0.2, 0) is 4.79 Å². The Morgan fingerprint density at radius 2 is 2.07 bits per heavy atom. The first-order valence-electron chi connectivity index (χ1n) is 4.01. The molecule has 1 amide bonds. The molecule has 4 nitrogen and oxygen atoms in total. The van der Waals surface area contributed by atoms with Gasteiger partial charge in [0.05, 0.1) is 5.56 Å². The first kappa shape index (κ1) is 10.9. The summed E-state index contributed by atoms with van der Waals surface area (Å²) in [5.41, 5.74) is 4.39. The van der Waals surface area contributed by atoms with E-state index in [9.17, 15) is 14.0 Å². The molecule has 0 spiro atoms. The molecule has 0 atom stereocenters. The van der Waals surface area contributed by atoms with Gasteiger partial charge in [0.15, 0.2) is 0 Å². The highest BCUT2D eigenvalue weighted by molar-refractivity contribution is 5.92. The normalized spacial score (nSPS) is 10.5. The van der Waals surface area contributed by atoms with Crippen molar-refractivity contribution in [3.05, 3.63) is 41.2 Å². The van der Waals surface area contributed by atoms with Crippen LogP contribution in [0.1, 0.15) is 15.9 Å². The number of carboxylic acid groups (broad SMARTS) is 1. The minimum Gasteiger partial charge on any atom is -0.478 e. The summed E-state index contributed by atoms with van der Waals surface area (Å²) in [6.45, 7) is 0. The zero-order valence-corrected chi connectivity index (χ0v) is 7.61. The Hall–Kier alpha value is -2.17. The van der Waals surface area contributed by atoms with Crippen molar-refractivity contribution in [3.8, 4) is 0 Å². The van der Waals surface area contributed by atoms with Gasteiger partial charge in [0.25, 0.3) is 0 Å². The van der Waals surface area contributed by atoms with Crippen LogP contribution in [0.25, 0.3) is 6.08 Å². The topological polar surface area (TPSA) is 80.4 Å². The second kappa shape index (κ2) is 4.36. The van der Waals surface area contributed by atoms with Crippen molar-refractivity contribution >= 4 is 18.0 Å². The molecule has 15 heavy (non-hydrogen) atoms. The number of benzene rings is 1. The second-order valence-electron chi connectivity index (χ2n) is 2.75. The third-order valence-corrected chi connectivity index (χ3v) is 1.69. The van der Waals surface area contributed by atoms with Crippen molar-refractivity contribution in [1.29, 1.82) is 0 Å². The fraction of sp³-hybridized carbons (Fsp3) is 0. The van der Waals surface area contributed by atoms with Crippen LogP contribution >= 0.6 is 0 Å². The highest BCUT2D eigenvalue weighted by Gasteiger charge is 2.11. The SMILES string of the molecule is NC(=O)C=Cc1cccc(C(=O)O)c1F. The monoisotopic (exact) mass is 209 g/mol. The van der Waals surface area contributed by atoms with Crippen LogP contribution in [0, 0.1) is 5.82 Å². The quantitative estimate of drug-likeness (QED) is 0.729. The van der Waals surface area contributed by atoms with Gasteiger partial charge in [-0.15, -0.1) is 0 Å². The Kier molecular flexibility index (Phi) is 3.17. The van der Waals surface area contributed by atoms with Gasteiger partial charge in [-0.05, 0) is 12.1 Å². The number of primary amides is 1. The van der Waals surface area contributed by atoms with Crippen LogP contribution in [0.15, 0.2) is 24.3 Å². The van der Waals surface area contributed by atoms with Gasteiger partial charge in [-0.2, -0.15) is 0 Å². The lowest BCUT2D eigenvalue weighted by atomic mass is 10.1. The number of halogens is 1. The van der Waals surface area contributed by atoms with Crippen molar-refractivity contribution in [2.75, 3.05) is 0 Å². The molecule has 1 aromatic carbocycles. The molecule has 1 rings (SSSR count).